The number of phenolic OH excluding ortho intramolecular Hbond substituents is 1. The fourth-order valence-corrected chi connectivity index (χ4v) is 2.73. The molecule has 0 aliphatic carbocycles. The van der Waals surface area contributed by atoms with Crippen molar-refractivity contribution in [1.82, 2.24) is 0 Å². The van der Waals surface area contributed by atoms with Gasteiger partial charge >= 0.3 is 0 Å². The molecule has 1 aromatic rings. The Morgan fingerprint density at radius 1 is 1.15 bits per heavy atom. The van der Waals surface area contributed by atoms with E-state index in [2.05, 4.69) is 26.0 Å². The van der Waals surface area contributed by atoms with Crippen LogP contribution in [0.2, 0.25) is 0 Å². The highest BCUT2D eigenvalue weighted by Crippen LogP contribution is 2.34. The Morgan fingerprint density at radius 3 is 2.35 bits per heavy atom. The molecule has 2 N–H and O–H groups in total. The molecule has 0 aliphatic heterocycles. The van der Waals surface area contributed by atoms with E-state index in [0.717, 1.165) is 21.8 Å². The Morgan fingerprint density at radius 2 is 1.80 bits per heavy atom. The average Bonchev–Trinajstić information content (AvgIpc) is 2.39. The number of benzene rings is 1. The molecule has 108 valence electrons. The van der Waals surface area contributed by atoms with Crippen LogP contribution in [0.4, 0.5) is 0 Å². The molecule has 0 aliphatic rings. The summed E-state index contributed by atoms with van der Waals surface area (Å²) in [4.78, 5) is 2.16. The van der Waals surface area contributed by atoms with Crippen LogP contribution in [-0.4, -0.2) is 16.8 Å². The van der Waals surface area contributed by atoms with Gasteiger partial charge < -0.3 is 10.2 Å². The van der Waals surface area contributed by atoms with Crippen LogP contribution in [0, 0.1) is 0 Å². The summed E-state index contributed by atoms with van der Waals surface area (Å²) in [5.74, 6) is 0.265. The largest absolute Gasteiger partial charge is 0.508 e. The van der Waals surface area contributed by atoms with Crippen molar-refractivity contribution < 1.29 is 10.2 Å². The van der Waals surface area contributed by atoms with Gasteiger partial charge in [-0.2, -0.15) is 0 Å². The minimum absolute atomic E-state index is 0.0471. The molecular weight excluding hydrogens is 268 g/mol. The van der Waals surface area contributed by atoms with Gasteiger partial charge in [-0.3, -0.25) is 0 Å². The predicted molar refractivity (Wildman–Crippen MR) is 88.6 cm³/mol. The molecule has 0 fully saturated rings. The highest BCUT2D eigenvalue weighted by molar-refractivity contribution is 8.11. The van der Waals surface area contributed by atoms with Gasteiger partial charge in [-0.25, -0.2) is 0 Å². The lowest BCUT2D eigenvalue weighted by Gasteiger charge is -2.09. The van der Waals surface area contributed by atoms with E-state index in [0.29, 0.717) is 0 Å². The van der Waals surface area contributed by atoms with Crippen LogP contribution in [0.25, 0.3) is 4.91 Å². The monoisotopic (exact) mass is 290 g/mol. The van der Waals surface area contributed by atoms with Crippen LogP contribution in [0.15, 0.2) is 53.0 Å². The molecule has 0 heterocycles. The maximum absolute atomic E-state index is 9.39. The number of aliphatic hydroxyl groups excluding tert-OH is 1. The lowest BCUT2D eigenvalue weighted by Crippen LogP contribution is -1.83. The first kappa shape index (κ1) is 16.6. The van der Waals surface area contributed by atoms with E-state index in [1.165, 1.54) is 5.57 Å². The number of aliphatic hydroxyl groups is 1. The average molecular weight is 290 g/mol. The molecule has 0 amide bonds. The molecule has 0 spiro atoms. The second kappa shape index (κ2) is 8.67. The van der Waals surface area contributed by atoms with E-state index < -0.39 is 0 Å². The molecule has 0 atom stereocenters. The molecule has 2 nitrogen and oxygen atoms in total. The van der Waals surface area contributed by atoms with Crippen LogP contribution in [0.3, 0.4) is 0 Å². The second-order valence-electron chi connectivity index (χ2n) is 4.51. The van der Waals surface area contributed by atoms with Crippen molar-refractivity contribution in [3.8, 4) is 5.75 Å². The van der Waals surface area contributed by atoms with Crippen LogP contribution in [0.1, 0.15) is 32.8 Å². The lowest BCUT2D eigenvalue weighted by molar-refractivity contribution is 0.342. The summed E-state index contributed by atoms with van der Waals surface area (Å²) in [6.07, 6.45) is 7.10. The maximum Gasteiger partial charge on any atom is 0.115 e. The topological polar surface area (TPSA) is 40.5 Å². The van der Waals surface area contributed by atoms with E-state index >= 15 is 0 Å². The third-order valence-corrected chi connectivity index (χ3v) is 3.75. The molecule has 0 saturated carbocycles. The van der Waals surface area contributed by atoms with Crippen LogP contribution in [-0.2, 0) is 0 Å². The Labute approximate surface area is 125 Å². The zero-order valence-corrected chi connectivity index (χ0v) is 13.1. The third-order valence-electron chi connectivity index (χ3n) is 2.69. The number of thioether (sulfide) groups is 1. The molecule has 1 rings (SSSR count). The van der Waals surface area contributed by atoms with Crippen molar-refractivity contribution in [1.29, 1.82) is 0 Å². The fourth-order valence-electron chi connectivity index (χ4n) is 1.73. The Kier molecular flexibility index (Phi) is 7.20. The number of hydrogen-bond donors (Lipinski definition) is 2. The van der Waals surface area contributed by atoms with Gasteiger partial charge in [0.25, 0.3) is 0 Å². The van der Waals surface area contributed by atoms with Crippen molar-refractivity contribution in [3.05, 3.63) is 58.5 Å². The summed E-state index contributed by atoms with van der Waals surface area (Å²) in [6.45, 7) is 6.22. The summed E-state index contributed by atoms with van der Waals surface area (Å²) < 4.78 is 0. The van der Waals surface area contributed by atoms with Crippen LogP contribution in [0.5, 0.6) is 5.75 Å². The van der Waals surface area contributed by atoms with Gasteiger partial charge in [-0.05, 0) is 55.0 Å². The smallest absolute Gasteiger partial charge is 0.115 e. The van der Waals surface area contributed by atoms with Crippen molar-refractivity contribution in [3.63, 3.8) is 0 Å². The quantitative estimate of drug-likeness (QED) is 0.745. The summed E-state index contributed by atoms with van der Waals surface area (Å²) in [5, 5.41) is 18.4. The van der Waals surface area contributed by atoms with Crippen molar-refractivity contribution in [2.45, 2.75) is 27.2 Å². The van der Waals surface area contributed by atoms with Gasteiger partial charge in [0.15, 0.2) is 0 Å². The summed E-state index contributed by atoms with van der Waals surface area (Å²) >= 11 is 1.62. The van der Waals surface area contributed by atoms with Gasteiger partial charge in [0.05, 0.1) is 6.61 Å². The van der Waals surface area contributed by atoms with Gasteiger partial charge in [0, 0.05) is 4.91 Å². The number of allylic oxidation sites excluding steroid dienone is 4. The Balaban J connectivity index is 3.10. The number of rotatable bonds is 6. The lowest BCUT2D eigenvalue weighted by atomic mass is 10.1. The van der Waals surface area contributed by atoms with Gasteiger partial charge in [0.1, 0.15) is 5.75 Å². The fraction of sp³-hybridized carbons (Fsp3) is 0.294. The second-order valence-corrected chi connectivity index (χ2v) is 5.80. The minimum Gasteiger partial charge on any atom is -0.508 e. The molecule has 20 heavy (non-hydrogen) atoms. The van der Waals surface area contributed by atoms with E-state index in [-0.39, 0.29) is 12.4 Å². The summed E-state index contributed by atoms with van der Waals surface area (Å²) in [7, 11) is 0. The van der Waals surface area contributed by atoms with E-state index in [1.807, 2.05) is 19.1 Å². The minimum atomic E-state index is 0.0471. The Bertz CT molecular complexity index is 510. The SMILES string of the molecule is CC/C=C(C)/C=C(\S/C(C)=C/CO)c1ccc(O)cc1. The molecule has 0 bridgehead atoms. The van der Waals surface area contributed by atoms with Crippen LogP contribution < -0.4 is 0 Å². The van der Waals surface area contributed by atoms with Gasteiger partial charge in [-0.1, -0.05) is 42.5 Å². The predicted octanol–water partition coefficient (Wildman–Crippen LogP) is 4.72. The maximum atomic E-state index is 9.39. The normalized spacial score (nSPS) is 13.7. The van der Waals surface area contributed by atoms with Gasteiger partial charge in [-0.15, -0.1) is 0 Å². The zero-order valence-electron chi connectivity index (χ0n) is 12.3. The van der Waals surface area contributed by atoms with E-state index in [1.54, 1.807) is 30.0 Å². The molecule has 0 unspecified atom stereocenters. The first-order valence-electron chi connectivity index (χ1n) is 6.70. The Hall–Kier alpha value is -1.45. The standard InChI is InChI=1S/C17H22O2S/c1-4-5-13(2)12-17(20-14(3)10-11-18)15-6-8-16(19)9-7-15/h5-10,12,18-19H,4,11H2,1-3H3/b13-5+,14-10+,17-12-. The number of hydrogen-bond acceptors (Lipinski definition) is 3. The molecule has 0 radical (unpaired) electrons. The van der Waals surface area contributed by atoms with Gasteiger partial charge in [0.2, 0.25) is 0 Å². The first-order chi connectivity index (χ1) is 9.56. The van der Waals surface area contributed by atoms with Crippen LogP contribution >= 0.6 is 11.8 Å². The van der Waals surface area contributed by atoms with Crippen molar-refractivity contribution in [2.75, 3.05) is 6.61 Å². The molecule has 1 aromatic carbocycles. The summed E-state index contributed by atoms with van der Waals surface area (Å²) in [5.41, 5.74) is 2.27. The highest BCUT2D eigenvalue weighted by atomic mass is 32.2. The van der Waals surface area contributed by atoms with Crippen molar-refractivity contribution >= 4 is 16.7 Å². The molecular formula is C17H22O2S. The highest BCUT2D eigenvalue weighted by Gasteiger charge is 2.04. The first-order valence-corrected chi connectivity index (χ1v) is 7.51. The zero-order chi connectivity index (χ0) is 15.0. The third kappa shape index (κ3) is 5.68. The molecule has 0 aromatic heterocycles. The number of aromatic hydroxyl groups is 1. The molecule has 0 saturated heterocycles. The van der Waals surface area contributed by atoms with E-state index in [4.69, 9.17) is 5.11 Å². The molecule has 3 heteroatoms. The summed E-state index contributed by atoms with van der Waals surface area (Å²) in [6, 6.07) is 7.18. The van der Waals surface area contributed by atoms with E-state index in [9.17, 15) is 5.11 Å². The van der Waals surface area contributed by atoms with Crippen molar-refractivity contribution in [2.24, 2.45) is 0 Å². The number of phenols is 1.